The summed E-state index contributed by atoms with van der Waals surface area (Å²) in [6.45, 7) is 8.58. The molecule has 2 aliphatic heterocycles. The van der Waals surface area contributed by atoms with Crippen LogP contribution in [0.1, 0.15) is 30.1 Å². The minimum absolute atomic E-state index is 0.489. The summed E-state index contributed by atoms with van der Waals surface area (Å²) >= 11 is 0. The molecule has 0 spiro atoms. The summed E-state index contributed by atoms with van der Waals surface area (Å²) in [5, 5.41) is 11.8. The van der Waals surface area contributed by atoms with Gasteiger partial charge in [-0.15, -0.1) is 0 Å². The molecule has 2 atom stereocenters. The van der Waals surface area contributed by atoms with E-state index in [0.717, 1.165) is 37.7 Å². The maximum Gasteiger partial charge on any atom is 0.124 e. The molecule has 0 bridgehead atoms. The van der Waals surface area contributed by atoms with Crippen LogP contribution in [-0.4, -0.2) is 47.4 Å². The Kier molecular flexibility index (Phi) is 5.04. The molecule has 1 aromatic heterocycles. The van der Waals surface area contributed by atoms with Gasteiger partial charge in [0.1, 0.15) is 5.82 Å². The Bertz CT molecular complexity index is 675. The number of fused-ring (bicyclic) bond motifs is 1. The van der Waals surface area contributed by atoms with Gasteiger partial charge in [0.2, 0.25) is 0 Å². The lowest BCUT2D eigenvalue weighted by atomic mass is 10.0. The van der Waals surface area contributed by atoms with Crippen molar-refractivity contribution in [3.05, 3.63) is 47.7 Å². The average molecular weight is 339 g/mol. The third-order valence-electron chi connectivity index (χ3n) is 5.44. The van der Waals surface area contributed by atoms with E-state index in [4.69, 9.17) is 0 Å². The Morgan fingerprint density at radius 3 is 2.84 bits per heavy atom. The van der Waals surface area contributed by atoms with Gasteiger partial charge in [0.15, 0.2) is 0 Å². The van der Waals surface area contributed by atoms with Gasteiger partial charge in [-0.3, -0.25) is 4.90 Å². The van der Waals surface area contributed by atoms with E-state index in [9.17, 15) is 0 Å². The molecule has 0 aliphatic carbocycles. The molecule has 4 rings (SSSR count). The monoisotopic (exact) mass is 339 g/mol. The number of likely N-dealkylation sites (tertiary alicyclic amines) is 1. The number of aromatic nitrogens is 2. The van der Waals surface area contributed by atoms with Crippen LogP contribution in [0.4, 0.5) is 5.82 Å². The van der Waals surface area contributed by atoms with Crippen molar-refractivity contribution in [2.24, 2.45) is 5.92 Å². The molecule has 2 aromatic rings. The highest BCUT2D eigenvalue weighted by molar-refractivity contribution is 5.38. The minimum atomic E-state index is 0.489. The van der Waals surface area contributed by atoms with E-state index in [0.29, 0.717) is 12.0 Å². The molecule has 134 valence electrons. The van der Waals surface area contributed by atoms with Gasteiger partial charge in [-0.2, -0.15) is 5.10 Å². The summed E-state index contributed by atoms with van der Waals surface area (Å²) in [6.07, 6.45) is 2.66. The second-order valence-electron chi connectivity index (χ2n) is 7.43. The lowest BCUT2D eigenvalue weighted by Gasteiger charge is -2.30. The fourth-order valence-electron chi connectivity index (χ4n) is 4.13. The van der Waals surface area contributed by atoms with Gasteiger partial charge < -0.3 is 10.6 Å². The van der Waals surface area contributed by atoms with E-state index in [1.165, 1.54) is 31.5 Å². The standard InChI is InChI=1S/C20H29N5/c1-16-11-20-22-13-17(15-25(20)23-16)12-21-14-19(24-9-5-6-10-24)18-7-3-2-4-8-18/h2-4,7-8,11,17,19,21-22H,5-6,9-10,12-15H2,1H3/t17-,19+/m1/s1. The summed E-state index contributed by atoms with van der Waals surface area (Å²) in [4.78, 5) is 2.64. The van der Waals surface area contributed by atoms with Gasteiger partial charge in [-0.25, -0.2) is 4.68 Å². The number of hydrogen-bond acceptors (Lipinski definition) is 4. The zero-order chi connectivity index (χ0) is 17.1. The van der Waals surface area contributed by atoms with Crippen LogP contribution in [-0.2, 0) is 6.54 Å². The number of aryl methyl sites for hydroxylation is 1. The van der Waals surface area contributed by atoms with Crippen molar-refractivity contribution in [1.29, 1.82) is 0 Å². The van der Waals surface area contributed by atoms with Gasteiger partial charge in [-0.1, -0.05) is 30.3 Å². The van der Waals surface area contributed by atoms with E-state index >= 15 is 0 Å². The minimum Gasteiger partial charge on any atom is -0.370 e. The SMILES string of the molecule is Cc1cc2n(n1)C[C@H](CNC[C@@H](c1ccccc1)N1CCCC1)CN2. The third kappa shape index (κ3) is 3.88. The smallest absolute Gasteiger partial charge is 0.124 e. The van der Waals surface area contributed by atoms with Crippen molar-refractivity contribution in [1.82, 2.24) is 20.0 Å². The Balaban J connectivity index is 1.34. The van der Waals surface area contributed by atoms with Crippen LogP contribution >= 0.6 is 0 Å². The van der Waals surface area contributed by atoms with Gasteiger partial charge in [0, 0.05) is 44.2 Å². The van der Waals surface area contributed by atoms with E-state index in [2.05, 4.69) is 68.6 Å². The molecule has 25 heavy (non-hydrogen) atoms. The van der Waals surface area contributed by atoms with Crippen molar-refractivity contribution >= 4 is 5.82 Å². The Hall–Kier alpha value is -1.85. The predicted octanol–water partition coefficient (Wildman–Crippen LogP) is 2.66. The zero-order valence-electron chi connectivity index (χ0n) is 15.1. The molecule has 0 radical (unpaired) electrons. The fourth-order valence-corrected chi connectivity index (χ4v) is 4.13. The molecule has 3 heterocycles. The summed E-state index contributed by atoms with van der Waals surface area (Å²) in [5.74, 6) is 1.75. The summed E-state index contributed by atoms with van der Waals surface area (Å²) in [6, 6.07) is 13.6. The van der Waals surface area contributed by atoms with Crippen LogP contribution in [0.15, 0.2) is 36.4 Å². The third-order valence-corrected chi connectivity index (χ3v) is 5.44. The Labute approximate surface area is 150 Å². The molecule has 2 N–H and O–H groups in total. The molecule has 1 saturated heterocycles. The van der Waals surface area contributed by atoms with Crippen LogP contribution in [0.2, 0.25) is 0 Å². The zero-order valence-corrected chi connectivity index (χ0v) is 15.1. The number of benzene rings is 1. The molecule has 0 amide bonds. The first-order valence-electron chi connectivity index (χ1n) is 9.57. The van der Waals surface area contributed by atoms with Crippen LogP contribution in [0.25, 0.3) is 0 Å². The average Bonchev–Trinajstić information content (AvgIpc) is 3.28. The van der Waals surface area contributed by atoms with Crippen LogP contribution in [0.5, 0.6) is 0 Å². The molecular formula is C20H29N5. The first-order chi connectivity index (χ1) is 12.3. The van der Waals surface area contributed by atoms with Crippen molar-refractivity contribution in [3.8, 4) is 0 Å². The predicted molar refractivity (Wildman–Crippen MR) is 102 cm³/mol. The molecule has 0 saturated carbocycles. The molecule has 5 heteroatoms. The molecule has 2 aliphatic rings. The number of rotatable bonds is 6. The number of nitrogens with one attached hydrogen (secondary N) is 2. The van der Waals surface area contributed by atoms with Gasteiger partial charge in [-0.05, 0) is 38.4 Å². The second kappa shape index (κ2) is 7.58. The lowest BCUT2D eigenvalue weighted by molar-refractivity contribution is 0.234. The Morgan fingerprint density at radius 2 is 2.04 bits per heavy atom. The van der Waals surface area contributed by atoms with Gasteiger partial charge in [0.25, 0.3) is 0 Å². The van der Waals surface area contributed by atoms with Crippen molar-refractivity contribution < 1.29 is 0 Å². The second-order valence-corrected chi connectivity index (χ2v) is 7.43. The van der Waals surface area contributed by atoms with E-state index in [-0.39, 0.29) is 0 Å². The van der Waals surface area contributed by atoms with Crippen molar-refractivity contribution in [3.63, 3.8) is 0 Å². The Morgan fingerprint density at radius 1 is 1.24 bits per heavy atom. The number of nitrogens with zero attached hydrogens (tertiary/aromatic N) is 3. The maximum atomic E-state index is 4.57. The molecule has 5 nitrogen and oxygen atoms in total. The van der Waals surface area contributed by atoms with E-state index in [1.54, 1.807) is 0 Å². The highest BCUT2D eigenvalue weighted by Gasteiger charge is 2.24. The van der Waals surface area contributed by atoms with Gasteiger partial charge >= 0.3 is 0 Å². The highest BCUT2D eigenvalue weighted by Crippen LogP contribution is 2.24. The lowest BCUT2D eigenvalue weighted by Crippen LogP contribution is -2.39. The van der Waals surface area contributed by atoms with Crippen LogP contribution < -0.4 is 10.6 Å². The van der Waals surface area contributed by atoms with Crippen molar-refractivity contribution in [2.75, 3.05) is 38.0 Å². The van der Waals surface area contributed by atoms with Crippen molar-refractivity contribution in [2.45, 2.75) is 32.4 Å². The van der Waals surface area contributed by atoms with Crippen LogP contribution in [0, 0.1) is 12.8 Å². The summed E-state index contributed by atoms with van der Waals surface area (Å²) in [7, 11) is 0. The molecule has 0 unspecified atom stereocenters. The number of anilines is 1. The fraction of sp³-hybridized carbons (Fsp3) is 0.550. The molecule has 1 aromatic carbocycles. The molecule has 1 fully saturated rings. The maximum absolute atomic E-state index is 4.57. The largest absolute Gasteiger partial charge is 0.370 e. The van der Waals surface area contributed by atoms with E-state index in [1.807, 2.05) is 0 Å². The topological polar surface area (TPSA) is 45.1 Å². The van der Waals surface area contributed by atoms with Crippen LogP contribution in [0.3, 0.4) is 0 Å². The normalized spacial score (nSPS) is 21.7. The van der Waals surface area contributed by atoms with Gasteiger partial charge in [0.05, 0.1) is 5.69 Å². The quantitative estimate of drug-likeness (QED) is 0.849. The summed E-state index contributed by atoms with van der Waals surface area (Å²) < 4.78 is 2.11. The molecular weight excluding hydrogens is 310 g/mol. The summed E-state index contributed by atoms with van der Waals surface area (Å²) in [5.41, 5.74) is 2.53. The first kappa shape index (κ1) is 16.6. The number of hydrogen-bond donors (Lipinski definition) is 2. The highest BCUT2D eigenvalue weighted by atomic mass is 15.3. The van der Waals surface area contributed by atoms with E-state index < -0.39 is 0 Å². The first-order valence-corrected chi connectivity index (χ1v) is 9.57.